The summed E-state index contributed by atoms with van der Waals surface area (Å²) in [6, 6.07) is 5.18. The molecule has 1 heterocycles. The number of likely N-dealkylation sites (tertiary alicyclic amines) is 1. The summed E-state index contributed by atoms with van der Waals surface area (Å²) in [5.74, 6) is 0. The predicted octanol–water partition coefficient (Wildman–Crippen LogP) is 3.35. The lowest BCUT2D eigenvalue weighted by Crippen LogP contribution is -2.43. The topological polar surface area (TPSA) is 32.3 Å². The van der Waals surface area contributed by atoms with Crippen LogP contribution in [0.1, 0.15) is 18.4 Å². The molecule has 3 nitrogen and oxygen atoms in total. The van der Waals surface area contributed by atoms with E-state index in [0.29, 0.717) is 25.1 Å². The number of carbonyl (C=O) groups is 1. The van der Waals surface area contributed by atoms with Crippen LogP contribution in [0.25, 0.3) is 0 Å². The second kappa shape index (κ2) is 6.66. The Morgan fingerprint density at radius 2 is 1.81 bits per heavy atom. The molecule has 0 radical (unpaired) electrons. The molecule has 0 aliphatic carbocycles. The fraction of sp³-hybridized carbons (Fsp3) is 0.500. The first-order valence-electron chi connectivity index (χ1n) is 6.67. The predicted molar refractivity (Wildman–Crippen MR) is 75.4 cm³/mol. The van der Waals surface area contributed by atoms with E-state index in [4.69, 9.17) is 11.6 Å². The van der Waals surface area contributed by atoms with Crippen molar-refractivity contribution < 1.29 is 18.0 Å². The molecule has 1 aromatic carbocycles. The van der Waals surface area contributed by atoms with Gasteiger partial charge in [0.1, 0.15) is 5.50 Å². The van der Waals surface area contributed by atoms with Crippen LogP contribution in [-0.4, -0.2) is 35.8 Å². The van der Waals surface area contributed by atoms with Crippen LogP contribution in [0.5, 0.6) is 0 Å². The molecule has 1 aliphatic rings. The highest BCUT2D eigenvalue weighted by Crippen LogP contribution is 2.30. The van der Waals surface area contributed by atoms with Gasteiger partial charge in [0.25, 0.3) is 0 Å². The van der Waals surface area contributed by atoms with E-state index in [0.717, 1.165) is 25.0 Å². The minimum absolute atomic E-state index is 0.175. The number of aldehydes is 1. The van der Waals surface area contributed by atoms with Gasteiger partial charge in [-0.3, -0.25) is 4.90 Å². The zero-order valence-electron chi connectivity index (χ0n) is 11.2. The molecular formula is C14H16ClF3N2O. The zero-order valence-corrected chi connectivity index (χ0v) is 12.0. The van der Waals surface area contributed by atoms with E-state index in [2.05, 4.69) is 5.32 Å². The van der Waals surface area contributed by atoms with E-state index in [-0.39, 0.29) is 6.04 Å². The van der Waals surface area contributed by atoms with Gasteiger partial charge in [-0.1, -0.05) is 11.6 Å². The molecule has 0 saturated carbocycles. The number of hydrogen-bond donors (Lipinski definition) is 1. The Labute approximate surface area is 126 Å². The average molecular weight is 321 g/mol. The van der Waals surface area contributed by atoms with Gasteiger partial charge < -0.3 is 10.1 Å². The Bertz CT molecular complexity index is 470. The molecule has 0 aromatic heterocycles. The number of nitrogens with zero attached hydrogens (tertiary/aromatic N) is 1. The third kappa shape index (κ3) is 4.35. The second-order valence-corrected chi connectivity index (χ2v) is 5.49. The molecule has 1 aromatic rings. The van der Waals surface area contributed by atoms with E-state index >= 15 is 0 Å². The van der Waals surface area contributed by atoms with Crippen LogP contribution in [0.15, 0.2) is 24.3 Å². The van der Waals surface area contributed by atoms with Gasteiger partial charge in [0.05, 0.1) is 5.56 Å². The number of carbonyl (C=O) groups excluding carboxylic acids is 1. The largest absolute Gasteiger partial charge is 0.416 e. The molecule has 1 atom stereocenters. The molecule has 7 heteroatoms. The number of hydrogen-bond acceptors (Lipinski definition) is 3. The minimum Gasteiger partial charge on any atom is -0.382 e. The lowest BCUT2D eigenvalue weighted by molar-refractivity contribution is -0.137. The van der Waals surface area contributed by atoms with Gasteiger partial charge in [-0.2, -0.15) is 13.2 Å². The van der Waals surface area contributed by atoms with Crippen molar-refractivity contribution >= 4 is 23.6 Å². The maximum atomic E-state index is 12.5. The van der Waals surface area contributed by atoms with Crippen molar-refractivity contribution in [3.05, 3.63) is 29.8 Å². The van der Waals surface area contributed by atoms with E-state index in [1.807, 2.05) is 4.90 Å². The maximum absolute atomic E-state index is 12.5. The Morgan fingerprint density at radius 1 is 1.24 bits per heavy atom. The number of halogens is 4. The summed E-state index contributed by atoms with van der Waals surface area (Å²) < 4.78 is 37.4. The molecular weight excluding hydrogens is 305 g/mol. The standard InChI is InChI=1S/C14H16ClF3N2O/c15-13(9-21)20-7-5-12(6-8-20)19-11-3-1-10(2-4-11)14(16,17)18/h1-4,9,12-13,19H,5-8H2. The number of rotatable bonds is 4. The van der Waals surface area contributed by atoms with E-state index in [1.165, 1.54) is 12.1 Å². The molecule has 0 spiro atoms. The number of anilines is 1. The average Bonchev–Trinajstić information content (AvgIpc) is 2.47. The number of benzene rings is 1. The van der Waals surface area contributed by atoms with Gasteiger partial charge >= 0.3 is 6.18 Å². The van der Waals surface area contributed by atoms with Crippen LogP contribution < -0.4 is 5.32 Å². The summed E-state index contributed by atoms with van der Waals surface area (Å²) in [7, 11) is 0. The molecule has 0 amide bonds. The van der Waals surface area contributed by atoms with Gasteiger partial charge in [0.2, 0.25) is 0 Å². The normalized spacial score (nSPS) is 19.2. The van der Waals surface area contributed by atoms with Crippen molar-refractivity contribution in [2.45, 2.75) is 30.6 Å². The smallest absolute Gasteiger partial charge is 0.382 e. The van der Waals surface area contributed by atoms with Gasteiger partial charge in [-0.05, 0) is 37.1 Å². The van der Waals surface area contributed by atoms with E-state index in [9.17, 15) is 18.0 Å². The van der Waals surface area contributed by atoms with Crippen molar-refractivity contribution in [2.75, 3.05) is 18.4 Å². The molecule has 1 saturated heterocycles. The lowest BCUT2D eigenvalue weighted by atomic mass is 10.0. The summed E-state index contributed by atoms with van der Waals surface area (Å²) in [5, 5.41) is 3.21. The SMILES string of the molecule is O=CC(Cl)N1CCC(Nc2ccc(C(F)(F)F)cc2)CC1. The molecule has 0 bridgehead atoms. The first kappa shape index (κ1) is 16.1. The maximum Gasteiger partial charge on any atom is 0.416 e. The Kier molecular flexibility index (Phi) is 5.11. The third-order valence-electron chi connectivity index (χ3n) is 3.57. The van der Waals surface area contributed by atoms with Gasteiger partial charge in [0.15, 0.2) is 6.29 Å². The molecule has 1 N–H and O–H groups in total. The fourth-order valence-electron chi connectivity index (χ4n) is 2.37. The van der Waals surface area contributed by atoms with Crippen LogP contribution in [0, 0.1) is 0 Å². The van der Waals surface area contributed by atoms with Crippen molar-refractivity contribution in [1.29, 1.82) is 0 Å². The highest BCUT2D eigenvalue weighted by atomic mass is 35.5. The Morgan fingerprint density at radius 3 is 2.29 bits per heavy atom. The third-order valence-corrected chi connectivity index (χ3v) is 3.95. The Balaban J connectivity index is 1.88. The molecule has 1 fully saturated rings. The van der Waals surface area contributed by atoms with Crippen LogP contribution in [-0.2, 0) is 11.0 Å². The molecule has 21 heavy (non-hydrogen) atoms. The molecule has 2 rings (SSSR count). The number of nitrogens with one attached hydrogen (secondary N) is 1. The monoisotopic (exact) mass is 320 g/mol. The van der Waals surface area contributed by atoms with Crippen molar-refractivity contribution in [2.24, 2.45) is 0 Å². The van der Waals surface area contributed by atoms with Gasteiger partial charge in [-0.15, -0.1) is 0 Å². The second-order valence-electron chi connectivity index (χ2n) is 5.04. The summed E-state index contributed by atoms with van der Waals surface area (Å²) >= 11 is 5.84. The number of piperidine rings is 1. The summed E-state index contributed by atoms with van der Waals surface area (Å²) in [5.41, 5.74) is -0.588. The van der Waals surface area contributed by atoms with Crippen molar-refractivity contribution in [1.82, 2.24) is 4.90 Å². The van der Waals surface area contributed by atoms with Gasteiger partial charge in [-0.25, -0.2) is 0 Å². The van der Waals surface area contributed by atoms with Crippen molar-refractivity contribution in [3.63, 3.8) is 0 Å². The lowest BCUT2D eigenvalue weighted by Gasteiger charge is -2.33. The quantitative estimate of drug-likeness (QED) is 0.524. The minimum atomic E-state index is -4.31. The number of alkyl halides is 4. The summed E-state index contributed by atoms with van der Waals surface area (Å²) in [4.78, 5) is 12.5. The first-order chi connectivity index (χ1) is 9.90. The van der Waals surface area contributed by atoms with Gasteiger partial charge in [0, 0.05) is 24.8 Å². The molecule has 116 valence electrons. The van der Waals surface area contributed by atoms with Crippen LogP contribution in [0.2, 0.25) is 0 Å². The highest BCUT2D eigenvalue weighted by Gasteiger charge is 2.30. The van der Waals surface area contributed by atoms with E-state index < -0.39 is 17.2 Å². The highest BCUT2D eigenvalue weighted by molar-refractivity contribution is 6.27. The summed E-state index contributed by atoms with van der Waals surface area (Å²) in [6.07, 6.45) is -2.03. The molecule has 1 aliphatic heterocycles. The molecule has 1 unspecified atom stereocenters. The fourth-order valence-corrected chi connectivity index (χ4v) is 2.56. The van der Waals surface area contributed by atoms with Crippen molar-refractivity contribution in [3.8, 4) is 0 Å². The van der Waals surface area contributed by atoms with E-state index in [1.54, 1.807) is 0 Å². The van der Waals surface area contributed by atoms with Crippen LogP contribution in [0.3, 0.4) is 0 Å². The van der Waals surface area contributed by atoms with Crippen LogP contribution >= 0.6 is 11.6 Å². The Hall–Kier alpha value is -1.27. The first-order valence-corrected chi connectivity index (χ1v) is 7.11. The zero-order chi connectivity index (χ0) is 15.5. The van der Waals surface area contributed by atoms with Crippen LogP contribution in [0.4, 0.5) is 18.9 Å². The summed E-state index contributed by atoms with van der Waals surface area (Å²) in [6.45, 7) is 1.37.